The van der Waals surface area contributed by atoms with Crippen molar-refractivity contribution in [1.29, 1.82) is 0 Å². The maximum atomic E-state index is 11.6. The quantitative estimate of drug-likeness (QED) is 0.599. The molecule has 0 radical (unpaired) electrons. The van der Waals surface area contributed by atoms with Gasteiger partial charge in [-0.2, -0.15) is 0 Å². The van der Waals surface area contributed by atoms with E-state index in [4.69, 9.17) is 0 Å². The van der Waals surface area contributed by atoms with Crippen molar-refractivity contribution in [3.63, 3.8) is 0 Å². The van der Waals surface area contributed by atoms with Crippen LogP contribution in [0.15, 0.2) is 43.0 Å². The predicted molar refractivity (Wildman–Crippen MR) is 72.7 cm³/mol. The number of esters is 1. The summed E-state index contributed by atoms with van der Waals surface area (Å²) in [5, 5.41) is 5.13. The van der Waals surface area contributed by atoms with Gasteiger partial charge in [-0.15, -0.1) is 6.58 Å². The molecular formula is C14H18N2O3. The Kier molecular flexibility index (Phi) is 6.15. The summed E-state index contributed by atoms with van der Waals surface area (Å²) in [5.41, 5.74) is 0.946. The van der Waals surface area contributed by atoms with E-state index in [0.29, 0.717) is 13.0 Å². The molecule has 0 saturated carbocycles. The molecule has 1 aromatic rings. The van der Waals surface area contributed by atoms with Crippen LogP contribution in [0, 0.1) is 0 Å². The van der Waals surface area contributed by atoms with Gasteiger partial charge in [-0.25, -0.2) is 9.59 Å². The minimum absolute atomic E-state index is 0.338. The summed E-state index contributed by atoms with van der Waals surface area (Å²) in [6, 6.07) is 8.28. The number of carbonyl (C=O) groups excluding carboxylic acids is 2. The number of urea groups is 1. The second-order valence-corrected chi connectivity index (χ2v) is 3.91. The second-order valence-electron chi connectivity index (χ2n) is 3.91. The first-order valence-corrected chi connectivity index (χ1v) is 5.94. The first-order valence-electron chi connectivity index (χ1n) is 5.94. The van der Waals surface area contributed by atoms with Crippen molar-refractivity contribution in [3.8, 4) is 0 Å². The fourth-order valence-electron chi connectivity index (χ4n) is 1.56. The number of hydrogen-bond donors (Lipinski definition) is 2. The van der Waals surface area contributed by atoms with Crippen LogP contribution in [0.3, 0.4) is 0 Å². The number of carbonyl (C=O) groups is 2. The van der Waals surface area contributed by atoms with E-state index in [2.05, 4.69) is 21.9 Å². The summed E-state index contributed by atoms with van der Waals surface area (Å²) in [4.78, 5) is 23.2. The zero-order valence-electron chi connectivity index (χ0n) is 10.9. The lowest BCUT2D eigenvalue weighted by atomic mass is 10.1. The maximum Gasteiger partial charge on any atom is 0.328 e. The van der Waals surface area contributed by atoms with E-state index in [1.165, 1.54) is 7.11 Å². The van der Waals surface area contributed by atoms with Gasteiger partial charge in [-0.3, -0.25) is 0 Å². The molecule has 2 amide bonds. The molecule has 1 atom stereocenters. The minimum atomic E-state index is -0.711. The summed E-state index contributed by atoms with van der Waals surface area (Å²) in [6.45, 7) is 3.84. The number of rotatable bonds is 6. The highest BCUT2D eigenvalue weighted by Crippen LogP contribution is 2.04. The van der Waals surface area contributed by atoms with Crippen molar-refractivity contribution in [2.75, 3.05) is 13.7 Å². The lowest BCUT2D eigenvalue weighted by Crippen LogP contribution is -2.47. The molecule has 0 unspecified atom stereocenters. The highest BCUT2D eigenvalue weighted by molar-refractivity contribution is 5.83. The fourth-order valence-corrected chi connectivity index (χ4v) is 1.56. The molecule has 0 spiro atoms. The molecule has 5 heteroatoms. The predicted octanol–water partition coefficient (Wildman–Crippen LogP) is 1.26. The summed E-state index contributed by atoms with van der Waals surface area (Å²) in [7, 11) is 1.30. The van der Waals surface area contributed by atoms with Gasteiger partial charge in [-0.05, 0) is 5.56 Å². The number of benzene rings is 1. The van der Waals surface area contributed by atoms with Gasteiger partial charge in [0.25, 0.3) is 0 Å². The molecule has 5 nitrogen and oxygen atoms in total. The smallest absolute Gasteiger partial charge is 0.328 e. The van der Waals surface area contributed by atoms with Crippen LogP contribution in [-0.4, -0.2) is 31.7 Å². The molecule has 0 aliphatic heterocycles. The van der Waals surface area contributed by atoms with Crippen molar-refractivity contribution < 1.29 is 14.3 Å². The lowest BCUT2D eigenvalue weighted by Gasteiger charge is -2.16. The summed E-state index contributed by atoms with van der Waals surface area (Å²) in [5.74, 6) is -0.474. The number of amides is 2. The van der Waals surface area contributed by atoms with Crippen LogP contribution in [0.25, 0.3) is 0 Å². The molecule has 1 aromatic carbocycles. The van der Waals surface area contributed by atoms with Crippen LogP contribution in [0.1, 0.15) is 5.56 Å². The summed E-state index contributed by atoms with van der Waals surface area (Å²) in [6.07, 6.45) is 1.94. The van der Waals surface area contributed by atoms with E-state index in [0.717, 1.165) is 5.56 Å². The Morgan fingerprint density at radius 2 is 2.05 bits per heavy atom. The molecule has 0 aliphatic rings. The van der Waals surface area contributed by atoms with Crippen LogP contribution < -0.4 is 10.6 Å². The molecule has 0 saturated heterocycles. The standard InChI is InChI=1S/C14H18N2O3/c1-3-9-15-14(18)16-12(13(17)19-2)10-11-7-5-4-6-8-11/h3-8,12H,1,9-10H2,2H3,(H2,15,16,18)/t12-/m1/s1. The lowest BCUT2D eigenvalue weighted by molar-refractivity contribution is -0.142. The first kappa shape index (κ1) is 14.8. The van der Waals surface area contributed by atoms with E-state index < -0.39 is 18.0 Å². The summed E-state index contributed by atoms with van der Waals surface area (Å²) >= 11 is 0. The van der Waals surface area contributed by atoms with Gasteiger partial charge in [0.2, 0.25) is 0 Å². The van der Waals surface area contributed by atoms with E-state index in [9.17, 15) is 9.59 Å². The van der Waals surface area contributed by atoms with Crippen LogP contribution in [0.4, 0.5) is 4.79 Å². The van der Waals surface area contributed by atoms with Crippen LogP contribution >= 0.6 is 0 Å². The van der Waals surface area contributed by atoms with Crippen LogP contribution in [-0.2, 0) is 16.0 Å². The molecule has 2 N–H and O–H groups in total. The molecule has 0 heterocycles. The van der Waals surface area contributed by atoms with Crippen LogP contribution in [0.2, 0.25) is 0 Å². The van der Waals surface area contributed by atoms with Crippen molar-refractivity contribution in [3.05, 3.63) is 48.6 Å². The van der Waals surface area contributed by atoms with Gasteiger partial charge < -0.3 is 15.4 Å². The van der Waals surface area contributed by atoms with Gasteiger partial charge in [0.05, 0.1) is 7.11 Å². The third-order valence-electron chi connectivity index (χ3n) is 2.48. The van der Waals surface area contributed by atoms with E-state index in [1.54, 1.807) is 6.08 Å². The van der Waals surface area contributed by atoms with Gasteiger partial charge in [0, 0.05) is 13.0 Å². The van der Waals surface area contributed by atoms with Gasteiger partial charge in [-0.1, -0.05) is 36.4 Å². The zero-order chi connectivity index (χ0) is 14.1. The average molecular weight is 262 g/mol. The van der Waals surface area contributed by atoms with Gasteiger partial charge >= 0.3 is 12.0 Å². The van der Waals surface area contributed by atoms with Crippen molar-refractivity contribution in [2.24, 2.45) is 0 Å². The molecule has 0 bridgehead atoms. The summed E-state index contributed by atoms with van der Waals surface area (Å²) < 4.78 is 4.69. The van der Waals surface area contributed by atoms with Crippen molar-refractivity contribution in [2.45, 2.75) is 12.5 Å². The Hall–Kier alpha value is -2.30. The second kappa shape index (κ2) is 7.92. The van der Waals surface area contributed by atoms with Gasteiger partial charge in [0.1, 0.15) is 6.04 Å². The van der Waals surface area contributed by atoms with E-state index >= 15 is 0 Å². The molecule has 0 aromatic heterocycles. The van der Waals surface area contributed by atoms with Gasteiger partial charge in [0.15, 0.2) is 0 Å². The number of hydrogen-bond acceptors (Lipinski definition) is 3. The Morgan fingerprint density at radius 1 is 1.37 bits per heavy atom. The SMILES string of the molecule is C=CCNC(=O)N[C@H](Cc1ccccc1)C(=O)OC. The minimum Gasteiger partial charge on any atom is -0.467 e. The molecule has 102 valence electrons. The number of methoxy groups -OCH3 is 1. The monoisotopic (exact) mass is 262 g/mol. The molecule has 1 rings (SSSR count). The number of ether oxygens (including phenoxy) is 1. The third-order valence-corrected chi connectivity index (χ3v) is 2.48. The normalized spacial score (nSPS) is 11.2. The number of nitrogens with one attached hydrogen (secondary N) is 2. The maximum absolute atomic E-state index is 11.6. The largest absolute Gasteiger partial charge is 0.467 e. The Bertz CT molecular complexity index is 432. The first-order chi connectivity index (χ1) is 9.17. The van der Waals surface area contributed by atoms with Crippen molar-refractivity contribution in [1.82, 2.24) is 10.6 Å². The zero-order valence-corrected chi connectivity index (χ0v) is 10.9. The molecule has 0 aliphatic carbocycles. The highest BCUT2D eigenvalue weighted by Gasteiger charge is 2.21. The molecular weight excluding hydrogens is 244 g/mol. The van der Waals surface area contributed by atoms with Crippen molar-refractivity contribution >= 4 is 12.0 Å². The molecule has 19 heavy (non-hydrogen) atoms. The highest BCUT2D eigenvalue weighted by atomic mass is 16.5. The Balaban J connectivity index is 2.64. The van der Waals surface area contributed by atoms with Crippen LogP contribution in [0.5, 0.6) is 0 Å². The molecule has 0 fully saturated rings. The topological polar surface area (TPSA) is 67.4 Å². The Morgan fingerprint density at radius 3 is 2.63 bits per heavy atom. The van der Waals surface area contributed by atoms with E-state index in [-0.39, 0.29) is 0 Å². The Labute approximate surface area is 112 Å². The fraction of sp³-hybridized carbons (Fsp3) is 0.286. The third kappa shape index (κ3) is 5.25. The average Bonchev–Trinajstić information content (AvgIpc) is 2.44. The van der Waals surface area contributed by atoms with E-state index in [1.807, 2.05) is 30.3 Å².